The van der Waals surface area contributed by atoms with E-state index in [1.807, 2.05) is 42.5 Å². The van der Waals surface area contributed by atoms with E-state index in [2.05, 4.69) is 12.5 Å². The summed E-state index contributed by atoms with van der Waals surface area (Å²) >= 11 is 0. The van der Waals surface area contributed by atoms with Crippen LogP contribution in [-0.2, 0) is 0 Å². The lowest BCUT2D eigenvalue weighted by molar-refractivity contribution is 0.442. The smallest absolute Gasteiger partial charge is 0.127 e. The summed E-state index contributed by atoms with van der Waals surface area (Å²) in [5.74, 6) is 1.78. The molecular weight excluding hydrogens is 160 g/mol. The molecule has 13 heavy (non-hydrogen) atoms. The molecule has 1 radical (unpaired) electrons. The molecule has 0 atom stereocenters. The summed E-state index contributed by atoms with van der Waals surface area (Å²) in [6.45, 7) is 0. The fourth-order valence-electron chi connectivity index (χ4n) is 1.20. The highest BCUT2D eigenvalue weighted by atomic mass is 16.5. The molecule has 0 N–H and O–H groups in total. The first-order chi connectivity index (χ1) is 6.45. The summed E-state index contributed by atoms with van der Waals surface area (Å²) in [6.07, 6.45) is 9.15. The van der Waals surface area contributed by atoms with Crippen molar-refractivity contribution < 1.29 is 4.74 Å². The van der Waals surface area contributed by atoms with E-state index in [4.69, 9.17) is 4.74 Å². The van der Waals surface area contributed by atoms with Crippen LogP contribution in [0.2, 0.25) is 0 Å². The van der Waals surface area contributed by atoms with Crippen LogP contribution in [0.15, 0.2) is 54.3 Å². The van der Waals surface area contributed by atoms with Gasteiger partial charge in [0.05, 0.1) is 0 Å². The van der Waals surface area contributed by atoms with Crippen molar-refractivity contribution in [3.05, 3.63) is 60.7 Å². The van der Waals surface area contributed by atoms with Crippen molar-refractivity contribution in [2.75, 3.05) is 0 Å². The monoisotopic (exact) mass is 171 g/mol. The Hall–Kier alpha value is -1.50. The molecule has 1 nitrogen and oxygen atoms in total. The van der Waals surface area contributed by atoms with Crippen molar-refractivity contribution in [3.63, 3.8) is 0 Å². The summed E-state index contributed by atoms with van der Waals surface area (Å²) in [5.41, 5.74) is 0. The average Bonchev–Trinajstić information content (AvgIpc) is 2.21. The quantitative estimate of drug-likeness (QED) is 0.664. The number of para-hydroxylation sites is 1. The fourth-order valence-corrected chi connectivity index (χ4v) is 1.20. The first-order valence-corrected chi connectivity index (χ1v) is 4.38. The molecule has 0 saturated heterocycles. The van der Waals surface area contributed by atoms with Crippen LogP contribution in [0.5, 0.6) is 5.75 Å². The summed E-state index contributed by atoms with van der Waals surface area (Å²) in [4.78, 5) is 0. The van der Waals surface area contributed by atoms with Gasteiger partial charge in [0.1, 0.15) is 11.5 Å². The molecule has 0 spiro atoms. The zero-order chi connectivity index (χ0) is 8.93. The Kier molecular flexibility index (Phi) is 2.46. The third kappa shape index (κ3) is 2.22. The highest BCUT2D eigenvalue weighted by Gasteiger charge is 1.98. The lowest BCUT2D eigenvalue weighted by Crippen LogP contribution is -1.94. The summed E-state index contributed by atoms with van der Waals surface area (Å²) in [6, 6.07) is 9.80. The zero-order valence-electron chi connectivity index (χ0n) is 7.31. The fraction of sp³-hybridized carbons (Fsp3) is 0.0833. The lowest BCUT2D eigenvalue weighted by Gasteiger charge is -2.08. The van der Waals surface area contributed by atoms with Crippen LogP contribution in [0.25, 0.3) is 0 Å². The van der Waals surface area contributed by atoms with Crippen LogP contribution in [0.1, 0.15) is 6.42 Å². The van der Waals surface area contributed by atoms with Crippen LogP contribution >= 0.6 is 0 Å². The largest absolute Gasteiger partial charge is 0.458 e. The third-order valence-electron chi connectivity index (χ3n) is 1.82. The van der Waals surface area contributed by atoms with Crippen molar-refractivity contribution in [3.8, 4) is 5.75 Å². The van der Waals surface area contributed by atoms with Crippen LogP contribution < -0.4 is 4.74 Å². The first kappa shape index (κ1) is 8.11. The van der Waals surface area contributed by atoms with Gasteiger partial charge in [-0.2, -0.15) is 0 Å². The van der Waals surface area contributed by atoms with Crippen LogP contribution in [-0.4, -0.2) is 0 Å². The minimum Gasteiger partial charge on any atom is -0.458 e. The molecule has 0 bridgehead atoms. The van der Waals surface area contributed by atoms with E-state index in [-0.39, 0.29) is 0 Å². The van der Waals surface area contributed by atoms with E-state index >= 15 is 0 Å². The van der Waals surface area contributed by atoms with Gasteiger partial charge in [0, 0.05) is 0 Å². The van der Waals surface area contributed by atoms with Crippen molar-refractivity contribution >= 4 is 0 Å². The normalized spacial score (nSPS) is 15.2. The topological polar surface area (TPSA) is 9.23 Å². The van der Waals surface area contributed by atoms with Gasteiger partial charge in [0.25, 0.3) is 0 Å². The molecular formula is C12H11O. The Morgan fingerprint density at radius 1 is 1.08 bits per heavy atom. The number of benzene rings is 1. The Morgan fingerprint density at radius 2 is 1.92 bits per heavy atom. The Bertz CT molecular complexity index is 322. The maximum atomic E-state index is 5.60. The maximum absolute atomic E-state index is 5.60. The molecule has 2 rings (SSSR count). The van der Waals surface area contributed by atoms with Crippen molar-refractivity contribution in [2.24, 2.45) is 0 Å². The molecule has 0 aromatic heterocycles. The van der Waals surface area contributed by atoms with Gasteiger partial charge in [-0.05, 0) is 37.1 Å². The van der Waals surface area contributed by atoms with E-state index < -0.39 is 0 Å². The number of hydrogen-bond acceptors (Lipinski definition) is 1. The van der Waals surface area contributed by atoms with Gasteiger partial charge in [-0.25, -0.2) is 0 Å². The lowest BCUT2D eigenvalue weighted by atomic mass is 10.2. The molecule has 65 valence electrons. The molecule has 1 aromatic rings. The molecule has 0 saturated carbocycles. The number of allylic oxidation sites excluding steroid dienone is 3. The average molecular weight is 171 g/mol. The third-order valence-corrected chi connectivity index (χ3v) is 1.82. The van der Waals surface area contributed by atoms with Gasteiger partial charge < -0.3 is 4.74 Å². The summed E-state index contributed by atoms with van der Waals surface area (Å²) in [5, 5.41) is 0. The van der Waals surface area contributed by atoms with Gasteiger partial charge in [0.15, 0.2) is 0 Å². The molecule has 1 aliphatic carbocycles. The predicted molar refractivity (Wildman–Crippen MR) is 53.2 cm³/mol. The van der Waals surface area contributed by atoms with E-state index in [1.54, 1.807) is 0 Å². The van der Waals surface area contributed by atoms with Gasteiger partial charge in [0.2, 0.25) is 0 Å². The van der Waals surface area contributed by atoms with Gasteiger partial charge >= 0.3 is 0 Å². The second-order valence-electron chi connectivity index (χ2n) is 2.86. The van der Waals surface area contributed by atoms with E-state index in [9.17, 15) is 0 Å². The predicted octanol–water partition coefficient (Wildman–Crippen LogP) is 3.11. The second-order valence-corrected chi connectivity index (χ2v) is 2.86. The van der Waals surface area contributed by atoms with Gasteiger partial charge in [-0.1, -0.05) is 24.3 Å². The van der Waals surface area contributed by atoms with E-state index in [0.717, 1.165) is 17.9 Å². The Morgan fingerprint density at radius 3 is 2.62 bits per heavy atom. The summed E-state index contributed by atoms with van der Waals surface area (Å²) in [7, 11) is 0. The number of rotatable bonds is 2. The molecule has 0 fully saturated rings. The van der Waals surface area contributed by atoms with Crippen molar-refractivity contribution in [1.82, 2.24) is 0 Å². The minimum atomic E-state index is 0.883. The van der Waals surface area contributed by atoms with E-state index in [0.29, 0.717) is 0 Å². The number of hydrogen-bond donors (Lipinski definition) is 0. The number of ether oxygens (including phenoxy) is 1. The SMILES string of the molecule is [CH]1C=C(Oc2ccccc2)C=CC1. The van der Waals surface area contributed by atoms with Crippen molar-refractivity contribution in [2.45, 2.75) is 6.42 Å². The van der Waals surface area contributed by atoms with Crippen molar-refractivity contribution in [1.29, 1.82) is 0 Å². The molecule has 1 aliphatic rings. The van der Waals surface area contributed by atoms with Gasteiger partial charge in [-0.3, -0.25) is 0 Å². The minimum absolute atomic E-state index is 0.883. The molecule has 1 heteroatoms. The van der Waals surface area contributed by atoms with Crippen LogP contribution in [0.3, 0.4) is 0 Å². The Labute approximate surface area is 78.3 Å². The van der Waals surface area contributed by atoms with Crippen LogP contribution in [0.4, 0.5) is 0 Å². The standard InChI is InChI=1S/C12H11O/c1-3-7-11(8-4-1)13-12-9-5-2-6-10-12/h1,3-10H,2H2. The summed E-state index contributed by atoms with van der Waals surface area (Å²) < 4.78 is 5.60. The van der Waals surface area contributed by atoms with Gasteiger partial charge in [-0.15, -0.1) is 0 Å². The molecule has 0 heterocycles. The highest BCUT2D eigenvalue weighted by molar-refractivity contribution is 5.29. The van der Waals surface area contributed by atoms with Crippen LogP contribution in [0, 0.1) is 6.42 Å². The zero-order valence-corrected chi connectivity index (χ0v) is 7.31. The second kappa shape index (κ2) is 3.94. The molecule has 0 unspecified atom stereocenters. The van der Waals surface area contributed by atoms with E-state index in [1.165, 1.54) is 0 Å². The molecule has 1 aromatic carbocycles. The maximum Gasteiger partial charge on any atom is 0.127 e. The molecule has 0 aliphatic heterocycles. The highest BCUT2D eigenvalue weighted by Crippen LogP contribution is 2.16. The molecule has 0 amide bonds. The Balaban J connectivity index is 2.06. The first-order valence-electron chi connectivity index (χ1n) is 4.38.